The van der Waals surface area contributed by atoms with Crippen LogP contribution in [0.5, 0.6) is 0 Å². The summed E-state index contributed by atoms with van der Waals surface area (Å²) in [7, 11) is 0. The van der Waals surface area contributed by atoms with E-state index < -0.39 is 5.82 Å². The van der Waals surface area contributed by atoms with E-state index in [-0.39, 0.29) is 17.5 Å². The van der Waals surface area contributed by atoms with E-state index in [1.165, 1.54) is 6.07 Å². The first-order chi connectivity index (χ1) is 8.59. The van der Waals surface area contributed by atoms with Crippen LogP contribution in [-0.4, -0.2) is 25.2 Å². The van der Waals surface area contributed by atoms with E-state index in [0.29, 0.717) is 18.1 Å². The van der Waals surface area contributed by atoms with Gasteiger partial charge in [0.1, 0.15) is 5.82 Å². The lowest BCUT2D eigenvalue weighted by molar-refractivity contribution is 0.0918. The second-order valence-electron chi connectivity index (χ2n) is 4.82. The van der Waals surface area contributed by atoms with Crippen LogP contribution in [0.15, 0.2) is 18.2 Å². The van der Waals surface area contributed by atoms with E-state index in [0.717, 1.165) is 13.0 Å². The molecule has 0 radical (unpaired) electrons. The lowest BCUT2D eigenvalue weighted by Crippen LogP contribution is -2.38. The van der Waals surface area contributed by atoms with Crippen LogP contribution >= 0.6 is 0 Å². The van der Waals surface area contributed by atoms with E-state index in [4.69, 9.17) is 4.74 Å². The molecular formula is C14H18FNO2. The number of carbonyl (C=O) groups excluding carboxylic acids is 1. The molecule has 1 N–H and O–H groups in total. The summed E-state index contributed by atoms with van der Waals surface area (Å²) < 4.78 is 19.1. The van der Waals surface area contributed by atoms with Gasteiger partial charge in [-0.3, -0.25) is 4.79 Å². The highest BCUT2D eigenvalue weighted by Crippen LogP contribution is 2.17. The van der Waals surface area contributed by atoms with Crippen molar-refractivity contribution < 1.29 is 13.9 Å². The molecule has 1 amide bonds. The van der Waals surface area contributed by atoms with Gasteiger partial charge in [-0.1, -0.05) is 12.1 Å². The van der Waals surface area contributed by atoms with Gasteiger partial charge in [-0.25, -0.2) is 4.39 Å². The summed E-state index contributed by atoms with van der Waals surface area (Å²) in [6, 6.07) is 4.85. The first-order valence-electron chi connectivity index (χ1n) is 6.23. The zero-order valence-corrected chi connectivity index (χ0v) is 10.7. The molecule has 2 rings (SSSR count). The quantitative estimate of drug-likeness (QED) is 0.895. The Bertz CT molecular complexity index is 441. The van der Waals surface area contributed by atoms with E-state index in [1.54, 1.807) is 19.1 Å². The maximum atomic E-state index is 13.8. The van der Waals surface area contributed by atoms with Crippen molar-refractivity contribution in [2.45, 2.75) is 26.3 Å². The largest absolute Gasteiger partial charge is 0.381 e. The van der Waals surface area contributed by atoms with Gasteiger partial charge in [0.2, 0.25) is 0 Å². The standard InChI is InChI=1S/C14H18FNO2/c1-9-4-3-5-12(13(9)15)14(17)16-10(2)11-6-7-18-8-11/h3-5,10-11H,6-8H2,1-2H3,(H,16,17). The van der Waals surface area contributed by atoms with Crippen LogP contribution in [0.1, 0.15) is 29.3 Å². The number of ether oxygens (including phenoxy) is 1. The molecule has 1 aliphatic heterocycles. The van der Waals surface area contributed by atoms with E-state index in [2.05, 4.69) is 5.32 Å². The third-order valence-electron chi connectivity index (χ3n) is 3.47. The fraction of sp³-hybridized carbons (Fsp3) is 0.500. The molecule has 1 aromatic rings. The first-order valence-corrected chi connectivity index (χ1v) is 6.23. The smallest absolute Gasteiger partial charge is 0.254 e. The maximum absolute atomic E-state index is 13.8. The van der Waals surface area contributed by atoms with Crippen molar-refractivity contribution in [1.29, 1.82) is 0 Å². The SMILES string of the molecule is Cc1cccc(C(=O)NC(C)C2CCOC2)c1F. The Balaban J connectivity index is 2.05. The fourth-order valence-corrected chi connectivity index (χ4v) is 2.17. The predicted molar refractivity (Wildman–Crippen MR) is 67.0 cm³/mol. The molecule has 98 valence electrons. The van der Waals surface area contributed by atoms with Crippen LogP contribution in [0, 0.1) is 18.7 Å². The fourth-order valence-electron chi connectivity index (χ4n) is 2.17. The summed E-state index contributed by atoms with van der Waals surface area (Å²) in [5.74, 6) is -0.470. The molecule has 0 spiro atoms. The van der Waals surface area contributed by atoms with E-state index >= 15 is 0 Å². The van der Waals surface area contributed by atoms with Gasteiger partial charge in [0, 0.05) is 18.6 Å². The van der Waals surface area contributed by atoms with Gasteiger partial charge in [0.25, 0.3) is 5.91 Å². The third kappa shape index (κ3) is 2.70. The molecule has 1 aromatic carbocycles. The van der Waals surface area contributed by atoms with Crippen LogP contribution in [0.2, 0.25) is 0 Å². The highest BCUT2D eigenvalue weighted by atomic mass is 19.1. The van der Waals surface area contributed by atoms with E-state index in [9.17, 15) is 9.18 Å². The zero-order chi connectivity index (χ0) is 13.1. The summed E-state index contributed by atoms with van der Waals surface area (Å²) >= 11 is 0. The molecule has 1 aliphatic rings. The Morgan fingerprint density at radius 2 is 2.33 bits per heavy atom. The third-order valence-corrected chi connectivity index (χ3v) is 3.47. The molecular weight excluding hydrogens is 233 g/mol. The average Bonchev–Trinajstić information content (AvgIpc) is 2.86. The van der Waals surface area contributed by atoms with Crippen molar-refractivity contribution in [3.63, 3.8) is 0 Å². The number of halogens is 1. The van der Waals surface area contributed by atoms with Gasteiger partial charge in [-0.05, 0) is 31.9 Å². The highest BCUT2D eigenvalue weighted by molar-refractivity contribution is 5.94. The second kappa shape index (κ2) is 5.48. The number of hydrogen-bond acceptors (Lipinski definition) is 2. The Morgan fingerprint density at radius 1 is 1.56 bits per heavy atom. The molecule has 2 atom stereocenters. The van der Waals surface area contributed by atoms with Crippen molar-refractivity contribution in [3.05, 3.63) is 35.1 Å². The summed E-state index contributed by atoms with van der Waals surface area (Å²) in [5, 5.41) is 2.85. The number of amides is 1. The van der Waals surface area contributed by atoms with E-state index in [1.807, 2.05) is 6.92 Å². The zero-order valence-electron chi connectivity index (χ0n) is 10.7. The maximum Gasteiger partial charge on any atom is 0.254 e. The van der Waals surface area contributed by atoms with Gasteiger partial charge in [0.05, 0.1) is 12.2 Å². The summed E-state index contributed by atoms with van der Waals surface area (Å²) in [6.45, 7) is 4.99. The molecule has 0 aromatic heterocycles. The molecule has 18 heavy (non-hydrogen) atoms. The average molecular weight is 251 g/mol. The van der Waals surface area contributed by atoms with Crippen LogP contribution < -0.4 is 5.32 Å². The Hall–Kier alpha value is -1.42. The van der Waals surface area contributed by atoms with Crippen LogP contribution in [-0.2, 0) is 4.74 Å². The molecule has 0 aliphatic carbocycles. The lowest BCUT2D eigenvalue weighted by Gasteiger charge is -2.19. The molecule has 3 nitrogen and oxygen atoms in total. The number of benzene rings is 1. The Labute approximate surface area is 106 Å². The second-order valence-corrected chi connectivity index (χ2v) is 4.82. The van der Waals surface area contributed by atoms with Crippen LogP contribution in [0.3, 0.4) is 0 Å². The van der Waals surface area contributed by atoms with Crippen molar-refractivity contribution >= 4 is 5.91 Å². The number of carbonyl (C=O) groups is 1. The molecule has 1 fully saturated rings. The summed E-state index contributed by atoms with van der Waals surface area (Å²) in [6.07, 6.45) is 0.942. The first kappa shape index (κ1) is 13.0. The minimum absolute atomic E-state index is 0.0000813. The number of nitrogens with one attached hydrogen (secondary N) is 1. The van der Waals surface area contributed by atoms with Gasteiger partial charge < -0.3 is 10.1 Å². The van der Waals surface area contributed by atoms with Crippen molar-refractivity contribution in [3.8, 4) is 0 Å². The van der Waals surface area contributed by atoms with Gasteiger partial charge in [-0.15, -0.1) is 0 Å². The number of hydrogen-bond donors (Lipinski definition) is 1. The molecule has 0 saturated carbocycles. The molecule has 2 unspecified atom stereocenters. The van der Waals surface area contributed by atoms with Crippen LogP contribution in [0.25, 0.3) is 0 Å². The van der Waals surface area contributed by atoms with Crippen LogP contribution in [0.4, 0.5) is 4.39 Å². The van der Waals surface area contributed by atoms with Crippen molar-refractivity contribution in [1.82, 2.24) is 5.32 Å². The molecule has 1 saturated heterocycles. The normalized spacial score (nSPS) is 20.7. The van der Waals surface area contributed by atoms with Gasteiger partial charge in [0.15, 0.2) is 0 Å². The Morgan fingerprint density at radius 3 is 3.00 bits per heavy atom. The molecule has 4 heteroatoms. The summed E-state index contributed by atoms with van der Waals surface area (Å²) in [5.41, 5.74) is 0.597. The van der Waals surface area contributed by atoms with Crippen molar-refractivity contribution in [2.75, 3.05) is 13.2 Å². The van der Waals surface area contributed by atoms with Crippen molar-refractivity contribution in [2.24, 2.45) is 5.92 Å². The Kier molecular flexibility index (Phi) is 3.97. The summed E-state index contributed by atoms with van der Waals surface area (Å²) in [4.78, 5) is 12.0. The number of rotatable bonds is 3. The number of aryl methyl sites for hydroxylation is 1. The topological polar surface area (TPSA) is 38.3 Å². The predicted octanol–water partition coefficient (Wildman–Crippen LogP) is 2.29. The van der Waals surface area contributed by atoms with Gasteiger partial charge >= 0.3 is 0 Å². The minimum atomic E-state index is -0.440. The molecule has 0 bridgehead atoms. The monoisotopic (exact) mass is 251 g/mol. The highest BCUT2D eigenvalue weighted by Gasteiger charge is 2.24. The minimum Gasteiger partial charge on any atom is -0.381 e. The lowest BCUT2D eigenvalue weighted by atomic mass is 10.00. The van der Waals surface area contributed by atoms with Gasteiger partial charge in [-0.2, -0.15) is 0 Å². The molecule has 1 heterocycles.